The summed E-state index contributed by atoms with van der Waals surface area (Å²) in [6.45, 7) is 0. The van der Waals surface area contributed by atoms with Gasteiger partial charge >= 0.3 is 0 Å². The van der Waals surface area contributed by atoms with E-state index in [1.807, 2.05) is 30.3 Å². The molecule has 4 aromatic rings. The highest BCUT2D eigenvalue weighted by Crippen LogP contribution is 2.24. The molecule has 0 unspecified atom stereocenters. The van der Waals surface area contributed by atoms with Gasteiger partial charge in [-0.15, -0.1) is 0 Å². The molecule has 138 valence electrons. The second-order valence-corrected chi connectivity index (χ2v) is 6.02. The fraction of sp³-hybridized carbons (Fsp3) is 0. The zero-order valence-corrected chi connectivity index (χ0v) is 14.5. The molecule has 2 aromatic heterocycles. The summed E-state index contributed by atoms with van der Waals surface area (Å²) in [5, 5.41) is 6.56. The highest BCUT2D eigenvalue weighted by atomic mass is 19.1. The van der Waals surface area contributed by atoms with Crippen molar-refractivity contribution in [3.63, 3.8) is 0 Å². The number of aromatic nitrogens is 2. The Hall–Kier alpha value is -3.87. The molecule has 0 atom stereocenters. The van der Waals surface area contributed by atoms with Gasteiger partial charge in [-0.25, -0.2) is 13.8 Å². The van der Waals surface area contributed by atoms with Crippen molar-refractivity contribution in [1.82, 2.24) is 9.97 Å². The predicted molar refractivity (Wildman–Crippen MR) is 104 cm³/mol. The van der Waals surface area contributed by atoms with Crippen LogP contribution in [0.3, 0.4) is 0 Å². The zero-order chi connectivity index (χ0) is 19.5. The number of nitrogens with zero attached hydrogens (tertiary/aromatic N) is 2. The number of fused-ring (bicyclic) bond motifs is 1. The van der Waals surface area contributed by atoms with Crippen molar-refractivity contribution in [2.24, 2.45) is 0 Å². The van der Waals surface area contributed by atoms with Gasteiger partial charge in [0.05, 0.1) is 22.5 Å². The van der Waals surface area contributed by atoms with Crippen LogP contribution in [0.25, 0.3) is 10.9 Å². The lowest BCUT2D eigenvalue weighted by atomic mass is 10.2. The van der Waals surface area contributed by atoms with Gasteiger partial charge in [0.15, 0.2) is 0 Å². The first-order chi connectivity index (χ1) is 13.6. The number of amides is 1. The third-order valence-corrected chi connectivity index (χ3v) is 4.10. The molecule has 4 rings (SSSR count). The maximum absolute atomic E-state index is 13.7. The van der Waals surface area contributed by atoms with E-state index in [9.17, 15) is 13.6 Å². The van der Waals surface area contributed by atoms with Crippen LogP contribution in [0.5, 0.6) is 0 Å². The number of hydrogen-bond acceptors (Lipinski definition) is 4. The summed E-state index contributed by atoms with van der Waals surface area (Å²) in [6.07, 6.45) is 3.08. The highest BCUT2D eigenvalue weighted by Gasteiger charge is 2.11. The number of benzene rings is 2. The second-order valence-electron chi connectivity index (χ2n) is 6.02. The number of para-hydroxylation sites is 1. The van der Waals surface area contributed by atoms with E-state index in [0.717, 1.165) is 22.7 Å². The number of hydrogen-bond donors (Lipinski definition) is 2. The molecule has 0 aliphatic heterocycles. The molecule has 28 heavy (non-hydrogen) atoms. The molecule has 2 N–H and O–H groups in total. The molecule has 0 radical (unpaired) electrons. The molecule has 2 heterocycles. The average molecular weight is 376 g/mol. The van der Waals surface area contributed by atoms with Crippen LogP contribution < -0.4 is 10.6 Å². The first-order valence-corrected chi connectivity index (χ1v) is 8.43. The van der Waals surface area contributed by atoms with Gasteiger partial charge in [-0.05, 0) is 36.4 Å². The molecule has 0 bridgehead atoms. The van der Waals surface area contributed by atoms with Crippen LogP contribution in [0, 0.1) is 11.6 Å². The van der Waals surface area contributed by atoms with E-state index in [4.69, 9.17) is 0 Å². The van der Waals surface area contributed by atoms with Gasteiger partial charge in [0.2, 0.25) is 0 Å². The minimum Gasteiger partial charge on any atom is -0.338 e. The van der Waals surface area contributed by atoms with Crippen LogP contribution in [-0.2, 0) is 0 Å². The van der Waals surface area contributed by atoms with E-state index in [2.05, 4.69) is 20.6 Å². The average Bonchev–Trinajstić information content (AvgIpc) is 2.71. The van der Waals surface area contributed by atoms with Gasteiger partial charge < -0.3 is 10.6 Å². The first-order valence-electron chi connectivity index (χ1n) is 8.43. The Kier molecular flexibility index (Phi) is 4.63. The maximum atomic E-state index is 13.7. The van der Waals surface area contributed by atoms with E-state index < -0.39 is 17.5 Å². The summed E-state index contributed by atoms with van der Waals surface area (Å²) in [6, 6.07) is 15.7. The predicted octanol–water partition coefficient (Wildman–Crippen LogP) is 4.90. The highest BCUT2D eigenvalue weighted by molar-refractivity contribution is 6.04. The third-order valence-electron chi connectivity index (χ3n) is 4.10. The van der Waals surface area contributed by atoms with Crippen LogP contribution in [0.15, 0.2) is 73.1 Å². The van der Waals surface area contributed by atoms with E-state index in [1.54, 1.807) is 18.3 Å². The fourth-order valence-corrected chi connectivity index (χ4v) is 2.73. The summed E-state index contributed by atoms with van der Waals surface area (Å²) in [5.74, 6) is -1.57. The lowest BCUT2D eigenvalue weighted by molar-refractivity contribution is 0.102. The molecule has 0 fully saturated rings. The lowest BCUT2D eigenvalue weighted by Gasteiger charge is -2.09. The van der Waals surface area contributed by atoms with Crippen molar-refractivity contribution in [2.45, 2.75) is 0 Å². The molecular formula is C21H14F2N4O. The molecule has 0 spiro atoms. The molecule has 7 heteroatoms. The van der Waals surface area contributed by atoms with E-state index >= 15 is 0 Å². The number of rotatable bonds is 4. The minimum atomic E-state index is -0.844. The summed E-state index contributed by atoms with van der Waals surface area (Å²) in [4.78, 5) is 20.8. The number of pyridine rings is 2. The largest absolute Gasteiger partial charge is 0.338 e. The topological polar surface area (TPSA) is 66.9 Å². The Labute approximate surface area is 159 Å². The van der Waals surface area contributed by atoms with Crippen LogP contribution in [0.2, 0.25) is 0 Å². The van der Waals surface area contributed by atoms with Crippen molar-refractivity contribution >= 4 is 34.0 Å². The SMILES string of the molecule is O=C(Nc1ccc(F)cc1F)c1ccc(Nc2cccc3cccnc23)nc1. The van der Waals surface area contributed by atoms with Crippen molar-refractivity contribution in [3.05, 3.63) is 90.3 Å². The van der Waals surface area contributed by atoms with Crippen molar-refractivity contribution in [2.75, 3.05) is 10.6 Å². The van der Waals surface area contributed by atoms with Crippen LogP contribution >= 0.6 is 0 Å². The molecule has 1 amide bonds. The Morgan fingerprint density at radius 2 is 1.75 bits per heavy atom. The molecule has 0 aliphatic rings. The molecule has 2 aromatic carbocycles. The summed E-state index contributed by atoms with van der Waals surface area (Å²) >= 11 is 0. The standard InChI is InChI=1S/C21H14F2N4O/c22-15-7-8-17(16(23)11-15)27-21(28)14-6-9-19(25-12-14)26-18-5-1-3-13-4-2-10-24-20(13)18/h1-12H,(H,25,26)(H,27,28). The van der Waals surface area contributed by atoms with Gasteiger partial charge in [0.25, 0.3) is 5.91 Å². The quantitative estimate of drug-likeness (QED) is 0.531. The third kappa shape index (κ3) is 3.64. The Bertz CT molecular complexity index is 1160. The summed E-state index contributed by atoms with van der Waals surface area (Å²) in [7, 11) is 0. The van der Waals surface area contributed by atoms with E-state index in [-0.39, 0.29) is 11.3 Å². The summed E-state index contributed by atoms with van der Waals surface area (Å²) < 4.78 is 26.6. The minimum absolute atomic E-state index is 0.101. The fourth-order valence-electron chi connectivity index (χ4n) is 2.73. The van der Waals surface area contributed by atoms with Gasteiger partial charge in [0.1, 0.15) is 17.5 Å². The van der Waals surface area contributed by atoms with Gasteiger partial charge in [0, 0.05) is 23.8 Å². The molecule has 5 nitrogen and oxygen atoms in total. The normalized spacial score (nSPS) is 10.6. The monoisotopic (exact) mass is 376 g/mol. The van der Waals surface area contributed by atoms with Gasteiger partial charge in [-0.2, -0.15) is 0 Å². The lowest BCUT2D eigenvalue weighted by Crippen LogP contribution is -2.13. The second kappa shape index (κ2) is 7.40. The number of carbonyl (C=O) groups is 1. The maximum Gasteiger partial charge on any atom is 0.257 e. The van der Waals surface area contributed by atoms with Crippen LogP contribution in [-0.4, -0.2) is 15.9 Å². The van der Waals surface area contributed by atoms with Gasteiger partial charge in [-0.3, -0.25) is 9.78 Å². The number of nitrogens with one attached hydrogen (secondary N) is 2. The van der Waals surface area contributed by atoms with Crippen molar-refractivity contribution < 1.29 is 13.6 Å². The molecule has 0 saturated carbocycles. The van der Waals surface area contributed by atoms with Crippen LogP contribution in [0.4, 0.5) is 26.0 Å². The smallest absolute Gasteiger partial charge is 0.257 e. The van der Waals surface area contributed by atoms with Crippen LogP contribution in [0.1, 0.15) is 10.4 Å². The Morgan fingerprint density at radius 1 is 0.893 bits per heavy atom. The van der Waals surface area contributed by atoms with Gasteiger partial charge in [-0.1, -0.05) is 18.2 Å². The first kappa shape index (κ1) is 17.5. The van der Waals surface area contributed by atoms with E-state index in [0.29, 0.717) is 11.9 Å². The molecule has 0 aliphatic carbocycles. The Balaban J connectivity index is 1.51. The molecule has 0 saturated heterocycles. The number of halogens is 2. The molecular weight excluding hydrogens is 362 g/mol. The number of carbonyl (C=O) groups excluding carboxylic acids is 1. The van der Waals surface area contributed by atoms with E-state index in [1.165, 1.54) is 12.3 Å². The zero-order valence-electron chi connectivity index (χ0n) is 14.5. The van der Waals surface area contributed by atoms with Crippen molar-refractivity contribution in [1.29, 1.82) is 0 Å². The summed E-state index contributed by atoms with van der Waals surface area (Å²) in [5.41, 5.74) is 1.73. The number of anilines is 3. The van der Waals surface area contributed by atoms with Crippen molar-refractivity contribution in [3.8, 4) is 0 Å². The Morgan fingerprint density at radius 3 is 2.54 bits per heavy atom.